The molecule has 0 amide bonds. The lowest BCUT2D eigenvalue weighted by Crippen LogP contribution is -2.08. The van der Waals surface area contributed by atoms with Gasteiger partial charge in [0, 0.05) is 0 Å². The van der Waals surface area contributed by atoms with Crippen LogP contribution in [0.15, 0.2) is 36.4 Å². The number of benzene rings is 2. The first-order valence-electron chi connectivity index (χ1n) is 6.06. The Labute approximate surface area is 132 Å². The van der Waals surface area contributed by atoms with E-state index in [1.54, 1.807) is 36.4 Å². The van der Waals surface area contributed by atoms with Gasteiger partial charge in [-0.2, -0.15) is 0 Å². The number of halogens is 2. The van der Waals surface area contributed by atoms with E-state index in [0.717, 1.165) is 5.56 Å². The SMILES string of the molecule is COc1c(N)cccc1C(=O)OCc1ccc(Cl)c(Cl)c1. The summed E-state index contributed by atoms with van der Waals surface area (Å²) in [7, 11) is 1.45. The largest absolute Gasteiger partial charge is 0.494 e. The van der Waals surface area contributed by atoms with E-state index < -0.39 is 5.97 Å². The fraction of sp³-hybridized carbons (Fsp3) is 0.133. The third kappa shape index (κ3) is 3.60. The van der Waals surface area contributed by atoms with Crippen molar-refractivity contribution in [2.24, 2.45) is 0 Å². The minimum Gasteiger partial charge on any atom is -0.494 e. The Morgan fingerprint density at radius 2 is 1.95 bits per heavy atom. The Morgan fingerprint density at radius 1 is 1.19 bits per heavy atom. The molecular weight excluding hydrogens is 313 g/mol. The van der Waals surface area contributed by atoms with Gasteiger partial charge in [0.15, 0.2) is 5.75 Å². The molecule has 4 nitrogen and oxygen atoms in total. The number of para-hydroxylation sites is 1. The number of anilines is 1. The maximum Gasteiger partial charge on any atom is 0.342 e. The molecule has 110 valence electrons. The zero-order valence-electron chi connectivity index (χ0n) is 11.2. The van der Waals surface area contributed by atoms with Crippen LogP contribution in [-0.2, 0) is 11.3 Å². The number of hydrogen-bond donors (Lipinski definition) is 1. The number of nitrogen functional groups attached to an aromatic ring is 1. The molecule has 6 heteroatoms. The minimum atomic E-state index is -0.523. The van der Waals surface area contributed by atoms with Crippen molar-refractivity contribution in [3.63, 3.8) is 0 Å². The zero-order valence-corrected chi connectivity index (χ0v) is 12.7. The van der Waals surface area contributed by atoms with Crippen molar-refractivity contribution in [2.45, 2.75) is 6.61 Å². The molecule has 21 heavy (non-hydrogen) atoms. The molecule has 0 bridgehead atoms. The Kier molecular flexibility index (Phi) is 4.94. The molecule has 2 rings (SSSR count). The van der Waals surface area contributed by atoms with Gasteiger partial charge in [0.2, 0.25) is 0 Å². The first-order chi connectivity index (χ1) is 10.0. The molecule has 0 heterocycles. The summed E-state index contributed by atoms with van der Waals surface area (Å²) in [6.45, 7) is 0.0771. The lowest BCUT2D eigenvalue weighted by Gasteiger charge is -2.11. The van der Waals surface area contributed by atoms with Gasteiger partial charge in [-0.15, -0.1) is 0 Å². The molecule has 2 N–H and O–H groups in total. The summed E-state index contributed by atoms with van der Waals surface area (Å²) in [4.78, 5) is 12.1. The summed E-state index contributed by atoms with van der Waals surface area (Å²) >= 11 is 11.7. The Morgan fingerprint density at radius 3 is 2.62 bits per heavy atom. The number of esters is 1. The molecule has 2 aromatic rings. The molecule has 0 fully saturated rings. The monoisotopic (exact) mass is 325 g/mol. The highest BCUT2D eigenvalue weighted by Gasteiger charge is 2.16. The quantitative estimate of drug-likeness (QED) is 0.683. The fourth-order valence-electron chi connectivity index (χ4n) is 1.80. The van der Waals surface area contributed by atoms with Crippen LogP contribution in [0.3, 0.4) is 0 Å². The van der Waals surface area contributed by atoms with Gasteiger partial charge < -0.3 is 15.2 Å². The van der Waals surface area contributed by atoms with Crippen molar-refractivity contribution in [3.05, 3.63) is 57.6 Å². The van der Waals surface area contributed by atoms with Crippen LogP contribution in [0.1, 0.15) is 15.9 Å². The molecule has 0 saturated heterocycles. The van der Waals surface area contributed by atoms with Gasteiger partial charge in [-0.3, -0.25) is 0 Å². The second-order valence-electron chi connectivity index (χ2n) is 4.25. The summed E-state index contributed by atoms with van der Waals surface area (Å²) in [6, 6.07) is 9.93. The van der Waals surface area contributed by atoms with Crippen LogP contribution in [0.4, 0.5) is 5.69 Å². The second kappa shape index (κ2) is 6.70. The first-order valence-corrected chi connectivity index (χ1v) is 6.82. The third-order valence-corrected chi connectivity index (χ3v) is 3.56. The highest BCUT2D eigenvalue weighted by Crippen LogP contribution is 2.27. The summed E-state index contributed by atoms with van der Waals surface area (Å²) in [6.07, 6.45) is 0. The molecule has 0 aliphatic rings. The van der Waals surface area contributed by atoms with Crippen molar-refractivity contribution in [3.8, 4) is 5.75 Å². The van der Waals surface area contributed by atoms with Crippen LogP contribution < -0.4 is 10.5 Å². The molecule has 0 unspecified atom stereocenters. The van der Waals surface area contributed by atoms with Gasteiger partial charge in [-0.05, 0) is 29.8 Å². The van der Waals surface area contributed by atoms with Crippen LogP contribution in [0.25, 0.3) is 0 Å². The maximum absolute atomic E-state index is 12.1. The van der Waals surface area contributed by atoms with Gasteiger partial charge >= 0.3 is 5.97 Å². The van der Waals surface area contributed by atoms with E-state index in [2.05, 4.69) is 0 Å². The van der Waals surface area contributed by atoms with Crippen LogP contribution >= 0.6 is 23.2 Å². The normalized spacial score (nSPS) is 10.2. The topological polar surface area (TPSA) is 61.5 Å². The van der Waals surface area contributed by atoms with Crippen LogP contribution in [0.2, 0.25) is 10.0 Å². The first kappa shape index (κ1) is 15.5. The zero-order chi connectivity index (χ0) is 15.4. The summed E-state index contributed by atoms with van der Waals surface area (Å²) < 4.78 is 10.4. The maximum atomic E-state index is 12.1. The van der Waals surface area contributed by atoms with Gasteiger partial charge in [0.25, 0.3) is 0 Å². The van der Waals surface area contributed by atoms with Crippen molar-refractivity contribution in [2.75, 3.05) is 12.8 Å². The van der Waals surface area contributed by atoms with E-state index in [9.17, 15) is 4.79 Å². The molecule has 0 radical (unpaired) electrons. The third-order valence-electron chi connectivity index (χ3n) is 2.82. The molecular formula is C15H13Cl2NO3. The number of ether oxygens (including phenoxy) is 2. The van der Waals surface area contributed by atoms with E-state index in [1.165, 1.54) is 7.11 Å². The van der Waals surface area contributed by atoms with Crippen molar-refractivity contribution in [1.82, 2.24) is 0 Å². The molecule has 2 aromatic carbocycles. The number of carbonyl (C=O) groups excluding carboxylic acids is 1. The van der Waals surface area contributed by atoms with Crippen molar-refractivity contribution < 1.29 is 14.3 Å². The van der Waals surface area contributed by atoms with Crippen LogP contribution in [0, 0.1) is 0 Å². The molecule has 0 aliphatic heterocycles. The Bertz CT molecular complexity index is 674. The lowest BCUT2D eigenvalue weighted by molar-refractivity contribution is 0.0469. The molecule has 0 spiro atoms. The smallest absolute Gasteiger partial charge is 0.342 e. The van der Waals surface area contributed by atoms with Gasteiger partial charge in [0.05, 0.1) is 22.8 Å². The van der Waals surface area contributed by atoms with Crippen LogP contribution in [0.5, 0.6) is 5.75 Å². The van der Waals surface area contributed by atoms with E-state index >= 15 is 0 Å². The predicted molar refractivity (Wildman–Crippen MR) is 83.0 cm³/mol. The molecule has 0 atom stereocenters. The highest BCUT2D eigenvalue weighted by atomic mass is 35.5. The number of rotatable bonds is 4. The van der Waals surface area contributed by atoms with E-state index in [1.807, 2.05) is 0 Å². The molecule has 0 aliphatic carbocycles. The van der Waals surface area contributed by atoms with Gasteiger partial charge in [-0.25, -0.2) is 4.79 Å². The fourth-order valence-corrected chi connectivity index (χ4v) is 2.12. The van der Waals surface area contributed by atoms with E-state index in [-0.39, 0.29) is 12.2 Å². The van der Waals surface area contributed by atoms with Crippen LogP contribution in [-0.4, -0.2) is 13.1 Å². The Hall–Kier alpha value is -1.91. The number of methoxy groups -OCH3 is 1. The average molecular weight is 326 g/mol. The van der Waals surface area contributed by atoms with Crippen molar-refractivity contribution in [1.29, 1.82) is 0 Å². The predicted octanol–water partition coefficient (Wildman–Crippen LogP) is 3.94. The summed E-state index contributed by atoms with van der Waals surface area (Å²) in [5.41, 5.74) is 7.14. The molecule has 0 saturated carbocycles. The second-order valence-corrected chi connectivity index (χ2v) is 5.07. The van der Waals surface area contributed by atoms with Gasteiger partial charge in [-0.1, -0.05) is 35.3 Å². The number of carbonyl (C=O) groups is 1. The lowest BCUT2D eigenvalue weighted by atomic mass is 10.1. The minimum absolute atomic E-state index is 0.0771. The van der Waals surface area contributed by atoms with E-state index in [0.29, 0.717) is 21.5 Å². The number of nitrogens with two attached hydrogens (primary N) is 1. The van der Waals surface area contributed by atoms with Gasteiger partial charge in [0.1, 0.15) is 12.2 Å². The van der Waals surface area contributed by atoms with E-state index in [4.69, 9.17) is 38.4 Å². The average Bonchev–Trinajstić information content (AvgIpc) is 2.48. The number of hydrogen-bond acceptors (Lipinski definition) is 4. The summed E-state index contributed by atoms with van der Waals surface area (Å²) in [5, 5.41) is 0.857. The summed E-state index contributed by atoms with van der Waals surface area (Å²) in [5.74, 6) is -0.220. The Balaban J connectivity index is 2.12. The molecule has 0 aromatic heterocycles. The standard InChI is InChI=1S/C15H13Cl2NO3/c1-20-14-10(3-2-4-13(14)18)15(19)21-8-9-5-6-11(16)12(17)7-9/h2-7H,8,18H2,1H3. The highest BCUT2D eigenvalue weighted by molar-refractivity contribution is 6.42. The van der Waals surface area contributed by atoms with Crippen molar-refractivity contribution >= 4 is 34.9 Å².